The van der Waals surface area contributed by atoms with Gasteiger partial charge in [0.25, 0.3) is 0 Å². The van der Waals surface area contributed by atoms with Gasteiger partial charge in [0.1, 0.15) is 0 Å². The number of nitrogens with one attached hydrogen (secondary N) is 1. The van der Waals surface area contributed by atoms with Crippen molar-refractivity contribution in [2.45, 2.75) is 43.2 Å². The monoisotopic (exact) mass is 326 g/mol. The van der Waals surface area contributed by atoms with Crippen molar-refractivity contribution in [3.05, 3.63) is 29.8 Å². The van der Waals surface area contributed by atoms with E-state index in [1.165, 1.54) is 10.7 Å². The number of ether oxygens (including phenoxy) is 1. The van der Waals surface area contributed by atoms with Crippen LogP contribution in [-0.2, 0) is 14.8 Å². The van der Waals surface area contributed by atoms with Crippen molar-refractivity contribution < 1.29 is 13.2 Å². The first-order valence-corrected chi connectivity index (χ1v) is 9.23. The summed E-state index contributed by atoms with van der Waals surface area (Å²) in [6.45, 7) is 3.89. The molecule has 5 nitrogen and oxygen atoms in total. The van der Waals surface area contributed by atoms with Gasteiger partial charge < -0.3 is 10.1 Å². The Morgan fingerprint density at radius 2 is 2.00 bits per heavy atom. The lowest BCUT2D eigenvalue weighted by molar-refractivity contribution is 0.103. The summed E-state index contributed by atoms with van der Waals surface area (Å²) in [6.07, 6.45) is 3.75. The summed E-state index contributed by atoms with van der Waals surface area (Å²) in [6, 6.07) is 7.28. The van der Waals surface area contributed by atoms with E-state index in [0.717, 1.165) is 31.6 Å². The zero-order valence-corrected chi connectivity index (χ0v) is 14.4. The highest BCUT2D eigenvalue weighted by atomic mass is 32.2. The van der Waals surface area contributed by atoms with Gasteiger partial charge in [-0.05, 0) is 50.4 Å². The van der Waals surface area contributed by atoms with E-state index < -0.39 is 10.0 Å². The quantitative estimate of drug-likeness (QED) is 0.834. The molecular formula is C16H26N2O3S. The molecule has 0 radical (unpaired) electrons. The van der Waals surface area contributed by atoms with Gasteiger partial charge in [-0.1, -0.05) is 12.1 Å². The van der Waals surface area contributed by atoms with Crippen molar-refractivity contribution in [2.75, 3.05) is 27.2 Å². The van der Waals surface area contributed by atoms with E-state index >= 15 is 0 Å². The fraction of sp³-hybridized carbons (Fsp3) is 0.625. The molecule has 0 amide bonds. The highest BCUT2D eigenvalue weighted by Crippen LogP contribution is 2.19. The second-order valence-corrected chi connectivity index (χ2v) is 8.11. The zero-order valence-electron chi connectivity index (χ0n) is 13.6. The Morgan fingerprint density at radius 1 is 1.32 bits per heavy atom. The highest BCUT2D eigenvalue weighted by Gasteiger charge is 2.18. The van der Waals surface area contributed by atoms with Crippen LogP contribution in [0.15, 0.2) is 29.2 Å². The van der Waals surface area contributed by atoms with E-state index in [4.69, 9.17) is 4.74 Å². The second-order valence-electron chi connectivity index (χ2n) is 5.96. The average Bonchev–Trinajstić information content (AvgIpc) is 3.00. The van der Waals surface area contributed by atoms with Gasteiger partial charge in [-0.25, -0.2) is 12.7 Å². The fourth-order valence-electron chi connectivity index (χ4n) is 2.59. The Morgan fingerprint density at radius 3 is 2.55 bits per heavy atom. The average molecular weight is 326 g/mol. The molecule has 1 heterocycles. The molecule has 124 valence electrons. The van der Waals surface area contributed by atoms with Crippen LogP contribution in [0.4, 0.5) is 0 Å². The Hall–Kier alpha value is -0.950. The third-order valence-electron chi connectivity index (χ3n) is 4.10. The van der Waals surface area contributed by atoms with Gasteiger partial charge in [-0.2, -0.15) is 0 Å². The van der Waals surface area contributed by atoms with Gasteiger partial charge in [0.05, 0.1) is 11.0 Å². The van der Waals surface area contributed by atoms with Crippen LogP contribution in [0.5, 0.6) is 0 Å². The number of nitrogens with zero attached hydrogens (tertiary/aromatic N) is 1. The normalized spacial score (nSPS) is 20.5. The van der Waals surface area contributed by atoms with Gasteiger partial charge in [0.15, 0.2) is 0 Å². The van der Waals surface area contributed by atoms with Crippen molar-refractivity contribution in [1.29, 1.82) is 0 Å². The summed E-state index contributed by atoms with van der Waals surface area (Å²) < 4.78 is 30.9. The Balaban J connectivity index is 1.89. The van der Waals surface area contributed by atoms with Crippen LogP contribution in [0.2, 0.25) is 0 Å². The van der Waals surface area contributed by atoms with Crippen LogP contribution in [-0.4, -0.2) is 46.1 Å². The summed E-state index contributed by atoms with van der Waals surface area (Å²) in [5.74, 6) is 0. The molecular weight excluding hydrogens is 300 g/mol. The van der Waals surface area contributed by atoms with Crippen LogP contribution in [0.1, 0.15) is 37.8 Å². The van der Waals surface area contributed by atoms with Crippen LogP contribution < -0.4 is 5.32 Å². The highest BCUT2D eigenvalue weighted by molar-refractivity contribution is 7.89. The summed E-state index contributed by atoms with van der Waals surface area (Å²) in [7, 11) is -0.271. The first kappa shape index (κ1) is 17.4. The lowest BCUT2D eigenvalue weighted by atomic mass is 10.1. The van der Waals surface area contributed by atoms with E-state index in [-0.39, 0.29) is 6.04 Å². The molecule has 0 spiro atoms. The fourth-order valence-corrected chi connectivity index (χ4v) is 3.49. The first-order valence-electron chi connectivity index (χ1n) is 7.78. The molecule has 0 saturated carbocycles. The van der Waals surface area contributed by atoms with Crippen LogP contribution >= 0.6 is 0 Å². The smallest absolute Gasteiger partial charge is 0.242 e. The minimum Gasteiger partial charge on any atom is -0.378 e. The molecule has 1 aromatic carbocycles. The van der Waals surface area contributed by atoms with Gasteiger partial charge in [0.2, 0.25) is 10.0 Å². The predicted molar refractivity (Wildman–Crippen MR) is 87.3 cm³/mol. The summed E-state index contributed by atoms with van der Waals surface area (Å²) in [4.78, 5) is 0.327. The SMILES string of the molecule is C[C@H](NCC[C@@H]1CCCO1)c1ccc(S(=O)(=O)N(C)C)cc1. The molecule has 0 aromatic heterocycles. The molecule has 1 fully saturated rings. The molecule has 0 unspecified atom stereocenters. The molecule has 1 saturated heterocycles. The van der Waals surface area contributed by atoms with Crippen molar-refractivity contribution in [2.24, 2.45) is 0 Å². The maximum atomic E-state index is 12.0. The Bertz CT molecular complexity index is 564. The molecule has 1 aliphatic heterocycles. The molecule has 0 aliphatic carbocycles. The molecule has 2 rings (SSSR count). The van der Waals surface area contributed by atoms with Gasteiger partial charge in [-0.15, -0.1) is 0 Å². The van der Waals surface area contributed by atoms with Crippen molar-refractivity contribution >= 4 is 10.0 Å². The molecule has 0 bridgehead atoms. The van der Waals surface area contributed by atoms with Crippen molar-refractivity contribution in [1.82, 2.24) is 9.62 Å². The lowest BCUT2D eigenvalue weighted by Crippen LogP contribution is -2.24. The minimum atomic E-state index is -3.35. The van der Waals surface area contributed by atoms with E-state index in [1.807, 2.05) is 12.1 Å². The number of hydrogen-bond donors (Lipinski definition) is 1. The van der Waals surface area contributed by atoms with Gasteiger partial charge >= 0.3 is 0 Å². The van der Waals surface area contributed by atoms with E-state index in [9.17, 15) is 8.42 Å². The number of benzene rings is 1. The van der Waals surface area contributed by atoms with E-state index in [2.05, 4.69) is 12.2 Å². The third kappa shape index (κ3) is 4.29. The predicted octanol–water partition coefficient (Wildman–Crippen LogP) is 2.16. The topological polar surface area (TPSA) is 58.6 Å². The van der Waals surface area contributed by atoms with Crippen molar-refractivity contribution in [3.63, 3.8) is 0 Å². The Kier molecular flexibility index (Phi) is 5.97. The summed E-state index contributed by atoms with van der Waals surface area (Å²) >= 11 is 0. The number of rotatable bonds is 7. The molecule has 22 heavy (non-hydrogen) atoms. The number of sulfonamides is 1. The maximum absolute atomic E-state index is 12.0. The third-order valence-corrected chi connectivity index (χ3v) is 5.93. The molecule has 6 heteroatoms. The number of hydrogen-bond acceptors (Lipinski definition) is 4. The van der Waals surface area contributed by atoms with Crippen LogP contribution in [0, 0.1) is 0 Å². The van der Waals surface area contributed by atoms with E-state index in [1.54, 1.807) is 26.2 Å². The Labute approximate surface area is 133 Å². The first-order chi connectivity index (χ1) is 10.4. The summed E-state index contributed by atoms with van der Waals surface area (Å²) in [5, 5.41) is 3.47. The summed E-state index contributed by atoms with van der Waals surface area (Å²) in [5.41, 5.74) is 1.09. The molecule has 2 atom stereocenters. The largest absolute Gasteiger partial charge is 0.378 e. The molecule has 1 aliphatic rings. The zero-order chi connectivity index (χ0) is 16.2. The van der Waals surface area contributed by atoms with Crippen molar-refractivity contribution in [3.8, 4) is 0 Å². The van der Waals surface area contributed by atoms with Crippen LogP contribution in [0.3, 0.4) is 0 Å². The molecule has 1 N–H and O–H groups in total. The van der Waals surface area contributed by atoms with Gasteiger partial charge in [0, 0.05) is 26.7 Å². The minimum absolute atomic E-state index is 0.192. The van der Waals surface area contributed by atoms with Crippen LogP contribution in [0.25, 0.3) is 0 Å². The lowest BCUT2D eigenvalue weighted by Gasteiger charge is -2.17. The van der Waals surface area contributed by atoms with Gasteiger partial charge in [-0.3, -0.25) is 0 Å². The van der Waals surface area contributed by atoms with E-state index in [0.29, 0.717) is 11.0 Å². The second kappa shape index (κ2) is 7.55. The standard InChI is InChI=1S/C16H26N2O3S/c1-13(17-11-10-15-5-4-12-21-15)14-6-8-16(9-7-14)22(19,20)18(2)3/h6-9,13,15,17H,4-5,10-12H2,1-3H3/t13-,15-/m0/s1. The molecule has 1 aromatic rings. The maximum Gasteiger partial charge on any atom is 0.242 e.